The number of amides is 1. The monoisotopic (exact) mass is 304 g/mol. The number of carbonyl (C=O) groups excluding carboxylic acids is 1. The van der Waals surface area contributed by atoms with Crippen LogP contribution in [0.3, 0.4) is 0 Å². The molecule has 0 bridgehead atoms. The Balaban J connectivity index is 2.11. The van der Waals surface area contributed by atoms with E-state index in [0.29, 0.717) is 6.54 Å². The fraction of sp³-hybridized carbons (Fsp3) is 0.833. The largest absolute Gasteiger partial charge is 0.480 e. The van der Waals surface area contributed by atoms with Crippen molar-refractivity contribution in [3.05, 3.63) is 0 Å². The van der Waals surface area contributed by atoms with Gasteiger partial charge in [-0.3, -0.25) is 4.79 Å². The summed E-state index contributed by atoms with van der Waals surface area (Å²) in [5.41, 5.74) is 0. The van der Waals surface area contributed by atoms with E-state index < -0.39 is 27.9 Å². The molecular weight excluding hydrogens is 284 g/mol. The molecular formula is C12H20N2O5S. The van der Waals surface area contributed by atoms with E-state index in [1.54, 1.807) is 0 Å². The molecule has 7 nitrogen and oxygen atoms in total. The van der Waals surface area contributed by atoms with Gasteiger partial charge in [-0.25, -0.2) is 13.2 Å². The van der Waals surface area contributed by atoms with Crippen molar-refractivity contribution < 1.29 is 23.1 Å². The minimum atomic E-state index is -3.45. The first-order valence-electron chi connectivity index (χ1n) is 6.65. The van der Waals surface area contributed by atoms with Crippen molar-refractivity contribution in [2.45, 2.75) is 25.3 Å². The molecule has 2 rings (SSSR count). The Morgan fingerprint density at radius 2 is 2.00 bits per heavy atom. The molecule has 2 aliphatic rings. The molecule has 1 heterocycles. The van der Waals surface area contributed by atoms with Crippen molar-refractivity contribution in [1.29, 1.82) is 0 Å². The van der Waals surface area contributed by atoms with Crippen LogP contribution in [-0.2, 0) is 19.6 Å². The maximum atomic E-state index is 12.2. The highest BCUT2D eigenvalue weighted by atomic mass is 32.2. The maximum Gasteiger partial charge on any atom is 0.326 e. The zero-order chi connectivity index (χ0) is 15.1. The molecule has 1 amide bonds. The van der Waals surface area contributed by atoms with Crippen LogP contribution in [0.2, 0.25) is 0 Å². The summed E-state index contributed by atoms with van der Waals surface area (Å²) in [5, 5.41) is 9.35. The Bertz CT molecular complexity index is 518. The number of hydrogen-bond donors (Lipinski definition) is 1. The smallest absolute Gasteiger partial charge is 0.326 e. The van der Waals surface area contributed by atoms with E-state index in [1.165, 1.54) is 11.9 Å². The minimum Gasteiger partial charge on any atom is -0.480 e. The van der Waals surface area contributed by atoms with E-state index in [2.05, 4.69) is 0 Å². The van der Waals surface area contributed by atoms with Gasteiger partial charge in [-0.1, -0.05) is 6.42 Å². The predicted octanol–water partition coefficient (Wildman–Crippen LogP) is -0.410. The van der Waals surface area contributed by atoms with Crippen molar-refractivity contribution >= 4 is 21.9 Å². The average Bonchev–Trinajstić information content (AvgIpc) is 2.85. The molecule has 0 radical (unpaired) electrons. The van der Waals surface area contributed by atoms with Gasteiger partial charge in [0.1, 0.15) is 6.04 Å². The summed E-state index contributed by atoms with van der Waals surface area (Å²) >= 11 is 0. The van der Waals surface area contributed by atoms with Gasteiger partial charge < -0.3 is 10.0 Å². The number of nitrogens with zero attached hydrogens (tertiary/aromatic N) is 2. The highest BCUT2D eigenvalue weighted by Gasteiger charge is 2.49. The van der Waals surface area contributed by atoms with Crippen LogP contribution in [0.4, 0.5) is 0 Å². The number of likely N-dealkylation sites (N-methyl/N-ethyl adjacent to an activating group) is 1. The topological polar surface area (TPSA) is 95.0 Å². The Labute approximate surface area is 118 Å². The summed E-state index contributed by atoms with van der Waals surface area (Å²) in [4.78, 5) is 25.0. The van der Waals surface area contributed by atoms with E-state index in [1.807, 2.05) is 0 Å². The van der Waals surface area contributed by atoms with Gasteiger partial charge in [0.2, 0.25) is 15.9 Å². The lowest BCUT2D eigenvalue weighted by molar-refractivity contribution is -0.149. The summed E-state index contributed by atoms with van der Waals surface area (Å²) in [6, 6.07) is -0.803. The van der Waals surface area contributed by atoms with Crippen LogP contribution >= 0.6 is 0 Å². The summed E-state index contributed by atoms with van der Waals surface area (Å²) in [6.07, 6.45) is 3.80. The third kappa shape index (κ3) is 2.80. The molecule has 3 atom stereocenters. The number of carbonyl (C=O) groups is 2. The first-order valence-corrected chi connectivity index (χ1v) is 8.50. The summed E-state index contributed by atoms with van der Waals surface area (Å²) < 4.78 is 23.6. The lowest BCUT2D eigenvalue weighted by Gasteiger charge is -2.26. The fourth-order valence-electron chi connectivity index (χ4n) is 3.28. The Morgan fingerprint density at radius 3 is 2.55 bits per heavy atom. The zero-order valence-corrected chi connectivity index (χ0v) is 12.5. The van der Waals surface area contributed by atoms with Gasteiger partial charge in [-0.15, -0.1) is 0 Å². The number of rotatable bonds is 4. The van der Waals surface area contributed by atoms with E-state index >= 15 is 0 Å². The van der Waals surface area contributed by atoms with Gasteiger partial charge in [0.05, 0.1) is 12.8 Å². The normalized spacial score (nSPS) is 29.8. The summed E-state index contributed by atoms with van der Waals surface area (Å²) in [5.74, 6) is -1.17. The third-order valence-corrected chi connectivity index (χ3v) is 5.65. The van der Waals surface area contributed by atoms with Gasteiger partial charge >= 0.3 is 5.97 Å². The van der Waals surface area contributed by atoms with Crippen LogP contribution in [0.25, 0.3) is 0 Å². The van der Waals surface area contributed by atoms with Crippen LogP contribution in [-0.4, -0.2) is 67.0 Å². The fourth-order valence-corrected chi connectivity index (χ4v) is 3.62. The van der Waals surface area contributed by atoms with E-state index in [4.69, 9.17) is 0 Å². The van der Waals surface area contributed by atoms with Gasteiger partial charge in [0.15, 0.2) is 0 Å². The van der Waals surface area contributed by atoms with Crippen LogP contribution in [0.5, 0.6) is 0 Å². The van der Waals surface area contributed by atoms with Crippen molar-refractivity contribution in [2.75, 3.05) is 26.4 Å². The number of carboxylic acids is 1. The number of fused-ring (bicyclic) bond motifs is 1. The van der Waals surface area contributed by atoms with Gasteiger partial charge in [0.25, 0.3) is 0 Å². The lowest BCUT2D eigenvalue weighted by atomic mass is 9.94. The molecule has 0 aromatic heterocycles. The number of carboxylic acid groups (broad SMARTS) is 1. The number of likely N-dealkylation sites (tertiary alicyclic amines) is 1. The molecule has 1 saturated heterocycles. The summed E-state index contributed by atoms with van der Waals surface area (Å²) in [6.45, 7) is 0.125. The van der Waals surface area contributed by atoms with E-state index in [0.717, 1.165) is 29.8 Å². The standard InChI is InChI=1S/C12H20N2O5S/c1-13(20(2,18)19)7-10(15)14-6-8-4-3-5-9(8)11(14)12(16)17/h8-9,11H,3-7H2,1-2H3,(H,16,17). The highest BCUT2D eigenvalue weighted by molar-refractivity contribution is 7.88. The van der Waals surface area contributed by atoms with Crippen LogP contribution < -0.4 is 0 Å². The minimum absolute atomic E-state index is 0.0139. The second kappa shape index (κ2) is 5.33. The SMILES string of the molecule is CN(CC(=O)N1CC2CCCC2C1C(=O)O)S(C)(=O)=O. The number of hydrogen-bond acceptors (Lipinski definition) is 4. The molecule has 1 aliphatic carbocycles. The van der Waals surface area contributed by atoms with Gasteiger partial charge in [-0.05, 0) is 24.7 Å². The van der Waals surface area contributed by atoms with Crippen molar-refractivity contribution in [3.63, 3.8) is 0 Å². The Morgan fingerprint density at radius 1 is 1.35 bits per heavy atom. The van der Waals surface area contributed by atoms with Crippen molar-refractivity contribution in [3.8, 4) is 0 Å². The summed E-state index contributed by atoms with van der Waals surface area (Å²) in [7, 11) is -2.13. The quantitative estimate of drug-likeness (QED) is 0.762. The van der Waals surface area contributed by atoms with Crippen molar-refractivity contribution in [1.82, 2.24) is 9.21 Å². The molecule has 114 valence electrons. The predicted molar refractivity (Wildman–Crippen MR) is 71.4 cm³/mol. The maximum absolute atomic E-state index is 12.2. The van der Waals surface area contributed by atoms with Crippen LogP contribution in [0.15, 0.2) is 0 Å². The Hall–Kier alpha value is -1.15. The lowest BCUT2D eigenvalue weighted by Crippen LogP contribution is -2.47. The average molecular weight is 304 g/mol. The highest BCUT2D eigenvalue weighted by Crippen LogP contribution is 2.42. The molecule has 0 aromatic carbocycles. The first kappa shape index (κ1) is 15.2. The van der Waals surface area contributed by atoms with Crippen LogP contribution in [0.1, 0.15) is 19.3 Å². The molecule has 3 unspecified atom stereocenters. The number of aliphatic carboxylic acids is 1. The van der Waals surface area contributed by atoms with E-state index in [-0.39, 0.29) is 18.4 Å². The number of sulfonamides is 1. The molecule has 20 heavy (non-hydrogen) atoms. The first-order chi connectivity index (χ1) is 9.21. The van der Waals surface area contributed by atoms with Gasteiger partial charge in [0, 0.05) is 13.6 Å². The zero-order valence-electron chi connectivity index (χ0n) is 11.7. The molecule has 1 saturated carbocycles. The molecule has 2 fully saturated rings. The molecule has 1 aliphatic heterocycles. The Kier molecular flexibility index (Phi) is 4.06. The van der Waals surface area contributed by atoms with Crippen molar-refractivity contribution in [2.24, 2.45) is 11.8 Å². The molecule has 0 spiro atoms. The molecule has 0 aromatic rings. The second-order valence-corrected chi connectivity index (χ2v) is 7.79. The second-order valence-electron chi connectivity index (χ2n) is 5.70. The van der Waals surface area contributed by atoms with E-state index in [9.17, 15) is 23.1 Å². The molecule has 8 heteroatoms. The third-order valence-electron chi connectivity index (χ3n) is 4.39. The van der Waals surface area contributed by atoms with Gasteiger partial charge in [-0.2, -0.15) is 4.31 Å². The molecule has 1 N–H and O–H groups in total. The van der Waals surface area contributed by atoms with Crippen LogP contribution in [0, 0.1) is 11.8 Å².